The second-order valence-corrected chi connectivity index (χ2v) is 10.1. The van der Waals surface area contributed by atoms with Crippen molar-refractivity contribution in [3.8, 4) is 5.75 Å². The van der Waals surface area contributed by atoms with Crippen molar-refractivity contribution in [3.05, 3.63) is 77.3 Å². The average Bonchev–Trinajstić information content (AvgIpc) is 2.69. The molecule has 0 bridgehead atoms. The van der Waals surface area contributed by atoms with Crippen molar-refractivity contribution in [2.75, 3.05) is 16.6 Å². The minimum atomic E-state index is -4.03. The molecule has 0 heterocycles. The van der Waals surface area contributed by atoms with Crippen molar-refractivity contribution in [1.29, 1.82) is 0 Å². The molecule has 2 N–H and O–H groups in total. The van der Waals surface area contributed by atoms with Gasteiger partial charge in [-0.2, -0.15) is 0 Å². The topological polar surface area (TPSA) is 102 Å². The molecular weight excluding hydrogens is 448 g/mol. The Labute approximate surface area is 180 Å². The van der Waals surface area contributed by atoms with Crippen LogP contribution in [0, 0.1) is 6.92 Å². The fourth-order valence-corrected chi connectivity index (χ4v) is 5.01. The van der Waals surface area contributed by atoms with Gasteiger partial charge in [0.2, 0.25) is 0 Å². The highest BCUT2D eigenvalue weighted by Gasteiger charge is 2.21. The van der Waals surface area contributed by atoms with Gasteiger partial charge in [-0.3, -0.25) is 9.44 Å². The Kier molecular flexibility index (Phi) is 6.25. The zero-order valence-corrected chi connectivity index (χ0v) is 18.5. The molecule has 0 aliphatic rings. The molecular formula is C20H19ClN2O5S2. The largest absolute Gasteiger partial charge is 0.495 e. The van der Waals surface area contributed by atoms with Crippen LogP contribution in [0.1, 0.15) is 5.56 Å². The lowest BCUT2D eigenvalue weighted by molar-refractivity contribution is 0.416. The third kappa shape index (κ3) is 4.86. The molecule has 0 atom stereocenters. The van der Waals surface area contributed by atoms with Gasteiger partial charge in [-0.25, -0.2) is 16.8 Å². The molecule has 0 saturated carbocycles. The Bertz CT molecular complexity index is 1270. The molecule has 0 unspecified atom stereocenters. The summed E-state index contributed by atoms with van der Waals surface area (Å²) in [5.74, 6) is 0.169. The predicted octanol–water partition coefficient (Wildman–Crippen LogP) is 4.26. The molecule has 0 spiro atoms. The van der Waals surface area contributed by atoms with Crippen molar-refractivity contribution in [2.45, 2.75) is 16.7 Å². The second-order valence-electron chi connectivity index (χ2n) is 6.37. The van der Waals surface area contributed by atoms with E-state index in [4.69, 9.17) is 16.3 Å². The van der Waals surface area contributed by atoms with Crippen LogP contribution in [0.25, 0.3) is 0 Å². The zero-order valence-electron chi connectivity index (χ0n) is 16.1. The molecule has 0 aliphatic carbocycles. The summed E-state index contributed by atoms with van der Waals surface area (Å²) in [6.45, 7) is 1.84. The van der Waals surface area contributed by atoms with E-state index in [1.54, 1.807) is 30.3 Å². The maximum atomic E-state index is 12.8. The highest BCUT2D eigenvalue weighted by Crippen LogP contribution is 2.31. The summed E-state index contributed by atoms with van der Waals surface area (Å²) in [4.78, 5) is -0.123. The third-order valence-electron chi connectivity index (χ3n) is 4.18. The van der Waals surface area contributed by atoms with E-state index in [0.717, 1.165) is 5.56 Å². The van der Waals surface area contributed by atoms with Crippen LogP contribution < -0.4 is 14.2 Å². The summed E-state index contributed by atoms with van der Waals surface area (Å²) >= 11 is 6.02. The monoisotopic (exact) mass is 466 g/mol. The van der Waals surface area contributed by atoms with Crippen LogP contribution in [-0.2, 0) is 20.0 Å². The summed E-state index contributed by atoms with van der Waals surface area (Å²) < 4.78 is 61.0. The quantitative estimate of drug-likeness (QED) is 0.541. The number of benzene rings is 3. The van der Waals surface area contributed by atoms with Gasteiger partial charge >= 0.3 is 0 Å². The number of halogens is 1. The third-order valence-corrected chi connectivity index (χ3v) is 7.25. The van der Waals surface area contributed by atoms with Crippen LogP contribution in [0.5, 0.6) is 5.75 Å². The van der Waals surface area contributed by atoms with Crippen molar-refractivity contribution in [2.24, 2.45) is 0 Å². The van der Waals surface area contributed by atoms with Gasteiger partial charge in [-0.05, 0) is 49.4 Å². The minimum Gasteiger partial charge on any atom is -0.495 e. The van der Waals surface area contributed by atoms with Crippen LogP contribution in [0.4, 0.5) is 11.4 Å². The zero-order chi connectivity index (χ0) is 21.9. The van der Waals surface area contributed by atoms with Gasteiger partial charge in [0.1, 0.15) is 5.75 Å². The average molecular weight is 467 g/mol. The number of aryl methyl sites for hydroxylation is 1. The number of nitrogens with one attached hydrogen (secondary N) is 2. The molecule has 0 radical (unpaired) electrons. The van der Waals surface area contributed by atoms with Crippen molar-refractivity contribution in [3.63, 3.8) is 0 Å². The summed E-state index contributed by atoms with van der Waals surface area (Å²) in [5.41, 5.74) is 1.10. The lowest BCUT2D eigenvalue weighted by Crippen LogP contribution is -2.16. The van der Waals surface area contributed by atoms with E-state index in [0.29, 0.717) is 0 Å². The fraction of sp³-hybridized carbons (Fsp3) is 0.100. The lowest BCUT2D eigenvalue weighted by atomic mass is 10.2. The Morgan fingerprint density at radius 2 is 1.33 bits per heavy atom. The molecule has 0 fully saturated rings. The molecule has 3 rings (SSSR count). The van der Waals surface area contributed by atoms with Crippen LogP contribution in [0.3, 0.4) is 0 Å². The first-order chi connectivity index (χ1) is 14.1. The Morgan fingerprint density at radius 1 is 0.767 bits per heavy atom. The number of methoxy groups -OCH3 is 1. The predicted molar refractivity (Wildman–Crippen MR) is 117 cm³/mol. The van der Waals surface area contributed by atoms with E-state index < -0.39 is 20.0 Å². The summed E-state index contributed by atoms with van der Waals surface area (Å²) in [6.07, 6.45) is 0. The number of ether oxygens (including phenoxy) is 1. The van der Waals surface area contributed by atoms with E-state index in [-0.39, 0.29) is 31.9 Å². The van der Waals surface area contributed by atoms with Crippen molar-refractivity contribution < 1.29 is 21.6 Å². The summed E-state index contributed by atoms with van der Waals surface area (Å²) in [7, 11) is -6.63. The molecule has 158 valence electrons. The molecule has 0 amide bonds. The van der Waals surface area contributed by atoms with Crippen molar-refractivity contribution in [1.82, 2.24) is 0 Å². The number of sulfonamides is 2. The van der Waals surface area contributed by atoms with Gasteiger partial charge in [-0.15, -0.1) is 0 Å². The maximum Gasteiger partial charge on any atom is 0.262 e. The van der Waals surface area contributed by atoms with Gasteiger partial charge in [-0.1, -0.05) is 41.4 Å². The summed E-state index contributed by atoms with van der Waals surface area (Å²) in [5, 5.41) is 0.231. The fourth-order valence-electron chi connectivity index (χ4n) is 2.60. The standard InChI is InChI=1S/C20H19ClN2O5S2/c1-14-7-9-15(10-8-14)29(24,25)23-19-13-16(11-12-20(19)28-2)30(26,27)22-18-6-4-3-5-17(18)21/h3-13,22-23H,1-2H3. The van der Waals surface area contributed by atoms with Gasteiger partial charge in [0.05, 0.1) is 33.3 Å². The van der Waals surface area contributed by atoms with Crippen LogP contribution in [0.15, 0.2) is 76.5 Å². The van der Waals surface area contributed by atoms with E-state index >= 15 is 0 Å². The smallest absolute Gasteiger partial charge is 0.262 e. The van der Waals surface area contributed by atoms with Gasteiger partial charge in [0.25, 0.3) is 20.0 Å². The minimum absolute atomic E-state index is 0.0138. The molecule has 0 aromatic heterocycles. The van der Waals surface area contributed by atoms with Crippen LogP contribution in [-0.4, -0.2) is 23.9 Å². The molecule has 0 saturated heterocycles. The number of hydrogen-bond acceptors (Lipinski definition) is 5. The van der Waals surface area contributed by atoms with E-state index in [2.05, 4.69) is 9.44 Å². The van der Waals surface area contributed by atoms with E-state index in [1.165, 1.54) is 43.5 Å². The highest BCUT2D eigenvalue weighted by atomic mass is 35.5. The van der Waals surface area contributed by atoms with Gasteiger partial charge in [0.15, 0.2) is 0 Å². The van der Waals surface area contributed by atoms with Crippen LogP contribution in [0.2, 0.25) is 5.02 Å². The number of rotatable bonds is 7. The molecule has 3 aromatic carbocycles. The number of hydrogen-bond donors (Lipinski definition) is 2. The summed E-state index contributed by atoms with van der Waals surface area (Å²) in [6, 6.07) is 16.5. The van der Waals surface area contributed by atoms with Crippen LogP contribution >= 0.6 is 11.6 Å². The highest BCUT2D eigenvalue weighted by molar-refractivity contribution is 7.93. The first-order valence-corrected chi connectivity index (χ1v) is 12.0. The molecule has 0 aliphatic heterocycles. The Morgan fingerprint density at radius 3 is 1.97 bits per heavy atom. The Hall–Kier alpha value is -2.75. The molecule has 3 aromatic rings. The van der Waals surface area contributed by atoms with E-state index in [9.17, 15) is 16.8 Å². The van der Waals surface area contributed by atoms with Gasteiger partial charge in [0, 0.05) is 0 Å². The second kappa shape index (κ2) is 8.55. The first kappa shape index (κ1) is 21.9. The first-order valence-electron chi connectivity index (χ1n) is 8.67. The number of para-hydroxylation sites is 1. The molecule has 10 heteroatoms. The SMILES string of the molecule is COc1ccc(S(=O)(=O)Nc2ccccc2Cl)cc1NS(=O)(=O)c1ccc(C)cc1. The lowest BCUT2D eigenvalue weighted by Gasteiger charge is -2.15. The maximum absolute atomic E-state index is 12.8. The number of anilines is 2. The molecule has 30 heavy (non-hydrogen) atoms. The van der Waals surface area contributed by atoms with Gasteiger partial charge < -0.3 is 4.74 Å². The normalized spacial score (nSPS) is 11.7. The van der Waals surface area contributed by atoms with E-state index in [1.807, 2.05) is 6.92 Å². The molecule has 7 nitrogen and oxygen atoms in total. The van der Waals surface area contributed by atoms with Crippen molar-refractivity contribution >= 4 is 43.0 Å². The Balaban J connectivity index is 1.97.